The van der Waals surface area contributed by atoms with E-state index >= 15 is 0 Å². The van der Waals surface area contributed by atoms with Crippen LogP contribution in [-0.2, 0) is 11.0 Å². The Labute approximate surface area is 112 Å². The summed E-state index contributed by atoms with van der Waals surface area (Å²) in [5.74, 6) is -1.95. The zero-order valence-corrected chi connectivity index (χ0v) is 10.6. The minimum atomic E-state index is -4.56. The number of aliphatic carboxylic acids is 1. The van der Waals surface area contributed by atoms with Gasteiger partial charge in [-0.2, -0.15) is 13.2 Å². The molecule has 0 saturated heterocycles. The fourth-order valence-electron chi connectivity index (χ4n) is 1.50. The number of anilines is 1. The van der Waals surface area contributed by atoms with Crippen LogP contribution in [0.1, 0.15) is 18.9 Å². The Hall–Kier alpha value is -2.05. The number of rotatable bonds is 5. The molecule has 1 aromatic rings. The molecule has 0 saturated carbocycles. The van der Waals surface area contributed by atoms with Crippen LogP contribution in [0, 0.1) is 5.82 Å². The molecule has 1 aromatic carbocycles. The van der Waals surface area contributed by atoms with Gasteiger partial charge in [0.1, 0.15) is 5.82 Å². The molecule has 0 aliphatic heterocycles. The van der Waals surface area contributed by atoms with E-state index in [1.807, 2.05) is 0 Å². The average Bonchev–Trinajstić information content (AvgIpc) is 2.34. The highest BCUT2D eigenvalue weighted by Crippen LogP contribution is 2.31. The predicted molar refractivity (Wildman–Crippen MR) is 65.9 cm³/mol. The normalized spacial score (nSPS) is 12.3. The lowest BCUT2D eigenvalue weighted by atomic mass is 10.1. The van der Waals surface area contributed by atoms with Crippen LogP contribution in [0.5, 0.6) is 0 Å². The lowest BCUT2D eigenvalue weighted by molar-refractivity contribution is -0.137. The molecule has 0 amide bonds. The van der Waals surface area contributed by atoms with Crippen LogP contribution < -0.4 is 5.32 Å². The molecule has 0 atom stereocenters. The Morgan fingerprint density at radius 3 is 2.55 bits per heavy atom. The number of hydrogen-bond donors (Lipinski definition) is 2. The second-order valence-corrected chi connectivity index (χ2v) is 3.96. The predicted octanol–water partition coefficient (Wildman–Crippen LogP) is 3.68. The molecule has 3 nitrogen and oxygen atoms in total. The third-order valence-corrected chi connectivity index (χ3v) is 2.59. The SMILES string of the molecule is CC/C(=C/CNc1cc(C(F)(F)F)ccc1F)C(=O)O. The summed E-state index contributed by atoms with van der Waals surface area (Å²) in [6.07, 6.45) is -3.00. The van der Waals surface area contributed by atoms with Gasteiger partial charge >= 0.3 is 12.1 Å². The van der Waals surface area contributed by atoms with Gasteiger partial charge in [-0.25, -0.2) is 9.18 Å². The third kappa shape index (κ3) is 4.25. The van der Waals surface area contributed by atoms with Gasteiger partial charge in [0.25, 0.3) is 0 Å². The summed E-state index contributed by atoms with van der Waals surface area (Å²) >= 11 is 0. The van der Waals surface area contributed by atoms with Crippen LogP contribution in [0.4, 0.5) is 23.2 Å². The van der Waals surface area contributed by atoms with Gasteiger partial charge in [0, 0.05) is 12.1 Å². The van der Waals surface area contributed by atoms with Crippen molar-refractivity contribution in [1.82, 2.24) is 0 Å². The van der Waals surface area contributed by atoms with Crippen LogP contribution in [0.2, 0.25) is 0 Å². The quantitative estimate of drug-likeness (QED) is 0.642. The molecule has 0 heterocycles. The summed E-state index contributed by atoms with van der Waals surface area (Å²) in [7, 11) is 0. The first kappa shape index (κ1) is 16.0. The van der Waals surface area contributed by atoms with Crippen molar-refractivity contribution in [1.29, 1.82) is 0 Å². The highest BCUT2D eigenvalue weighted by molar-refractivity contribution is 5.86. The summed E-state index contributed by atoms with van der Waals surface area (Å²) in [5.41, 5.74) is -1.19. The average molecular weight is 291 g/mol. The van der Waals surface area contributed by atoms with Gasteiger partial charge in [0.2, 0.25) is 0 Å². The number of alkyl halides is 3. The smallest absolute Gasteiger partial charge is 0.416 e. The molecule has 0 aliphatic carbocycles. The molecule has 0 radical (unpaired) electrons. The van der Waals surface area contributed by atoms with E-state index in [0.29, 0.717) is 18.2 Å². The summed E-state index contributed by atoms with van der Waals surface area (Å²) in [5, 5.41) is 11.2. The monoisotopic (exact) mass is 291 g/mol. The molecule has 0 unspecified atom stereocenters. The maximum atomic E-state index is 13.4. The van der Waals surface area contributed by atoms with Crippen molar-refractivity contribution in [2.24, 2.45) is 0 Å². The first-order chi connectivity index (χ1) is 9.25. The Morgan fingerprint density at radius 1 is 1.40 bits per heavy atom. The number of halogens is 4. The van der Waals surface area contributed by atoms with Gasteiger partial charge in [-0.3, -0.25) is 0 Å². The highest BCUT2D eigenvalue weighted by atomic mass is 19.4. The van der Waals surface area contributed by atoms with Crippen LogP contribution in [0.3, 0.4) is 0 Å². The maximum absolute atomic E-state index is 13.4. The summed E-state index contributed by atoms with van der Waals surface area (Å²) in [6.45, 7) is 1.55. The first-order valence-electron chi connectivity index (χ1n) is 5.78. The molecular weight excluding hydrogens is 278 g/mol. The Kier molecular flexibility index (Phi) is 5.12. The second-order valence-electron chi connectivity index (χ2n) is 3.96. The molecular formula is C13H13F4NO2. The van der Waals surface area contributed by atoms with E-state index in [1.165, 1.54) is 6.08 Å². The van der Waals surface area contributed by atoms with Gasteiger partial charge in [0.15, 0.2) is 0 Å². The molecule has 110 valence electrons. The van der Waals surface area contributed by atoms with Crippen LogP contribution in [-0.4, -0.2) is 17.6 Å². The van der Waals surface area contributed by atoms with Gasteiger partial charge in [-0.05, 0) is 24.6 Å². The van der Waals surface area contributed by atoms with Gasteiger partial charge in [-0.15, -0.1) is 0 Å². The fraction of sp³-hybridized carbons (Fsp3) is 0.308. The lowest BCUT2D eigenvalue weighted by Gasteiger charge is -2.10. The number of nitrogens with one attached hydrogen (secondary N) is 1. The molecule has 20 heavy (non-hydrogen) atoms. The van der Waals surface area contributed by atoms with Crippen LogP contribution in [0.15, 0.2) is 29.8 Å². The van der Waals surface area contributed by atoms with E-state index in [2.05, 4.69) is 5.32 Å². The van der Waals surface area contributed by atoms with E-state index in [9.17, 15) is 22.4 Å². The van der Waals surface area contributed by atoms with Crippen molar-refractivity contribution < 1.29 is 27.5 Å². The number of benzene rings is 1. The summed E-state index contributed by atoms with van der Waals surface area (Å²) < 4.78 is 50.8. The molecule has 0 aliphatic rings. The topological polar surface area (TPSA) is 49.3 Å². The van der Waals surface area contributed by atoms with Crippen LogP contribution >= 0.6 is 0 Å². The molecule has 1 rings (SSSR count). The number of carboxylic acids is 1. The third-order valence-electron chi connectivity index (χ3n) is 2.59. The summed E-state index contributed by atoms with van der Waals surface area (Å²) in [6, 6.07) is 2.01. The Bertz CT molecular complexity index is 524. The second kappa shape index (κ2) is 6.40. The molecule has 0 bridgehead atoms. The Morgan fingerprint density at radius 2 is 2.05 bits per heavy atom. The fourth-order valence-corrected chi connectivity index (χ4v) is 1.50. The van der Waals surface area contributed by atoms with Gasteiger partial charge < -0.3 is 10.4 Å². The van der Waals surface area contributed by atoms with E-state index in [-0.39, 0.29) is 24.2 Å². The van der Waals surface area contributed by atoms with E-state index in [4.69, 9.17) is 5.11 Å². The minimum absolute atomic E-state index is 0.0757. The zero-order valence-electron chi connectivity index (χ0n) is 10.6. The molecule has 0 spiro atoms. The largest absolute Gasteiger partial charge is 0.478 e. The highest BCUT2D eigenvalue weighted by Gasteiger charge is 2.31. The molecule has 2 N–H and O–H groups in total. The number of carboxylic acid groups (broad SMARTS) is 1. The number of carbonyl (C=O) groups is 1. The van der Waals surface area contributed by atoms with Crippen molar-refractivity contribution in [3.8, 4) is 0 Å². The van der Waals surface area contributed by atoms with E-state index in [1.54, 1.807) is 6.92 Å². The summed E-state index contributed by atoms with van der Waals surface area (Å²) in [4.78, 5) is 10.7. The molecule has 7 heteroatoms. The molecule has 0 aromatic heterocycles. The van der Waals surface area contributed by atoms with Crippen molar-refractivity contribution in [2.45, 2.75) is 19.5 Å². The van der Waals surface area contributed by atoms with Crippen LogP contribution in [0.25, 0.3) is 0 Å². The maximum Gasteiger partial charge on any atom is 0.416 e. The minimum Gasteiger partial charge on any atom is -0.478 e. The van der Waals surface area contributed by atoms with Crippen molar-refractivity contribution >= 4 is 11.7 Å². The van der Waals surface area contributed by atoms with E-state index < -0.39 is 23.5 Å². The number of hydrogen-bond acceptors (Lipinski definition) is 2. The zero-order chi connectivity index (χ0) is 15.3. The first-order valence-corrected chi connectivity index (χ1v) is 5.78. The van der Waals surface area contributed by atoms with Crippen molar-refractivity contribution in [3.05, 3.63) is 41.2 Å². The van der Waals surface area contributed by atoms with Crippen molar-refractivity contribution in [3.63, 3.8) is 0 Å². The lowest BCUT2D eigenvalue weighted by Crippen LogP contribution is -2.09. The van der Waals surface area contributed by atoms with Crippen molar-refractivity contribution in [2.75, 3.05) is 11.9 Å². The molecule has 0 fully saturated rings. The Balaban J connectivity index is 2.85. The van der Waals surface area contributed by atoms with E-state index in [0.717, 1.165) is 0 Å². The standard InChI is InChI=1S/C13H13F4NO2/c1-2-8(12(19)20)5-6-18-11-7-9(13(15,16)17)3-4-10(11)14/h3-5,7,18H,2,6H2,1H3,(H,19,20)/b8-5-. The van der Waals surface area contributed by atoms with Gasteiger partial charge in [-0.1, -0.05) is 13.0 Å². The van der Waals surface area contributed by atoms with Gasteiger partial charge in [0.05, 0.1) is 11.3 Å².